The molecule has 0 saturated heterocycles. The van der Waals surface area contributed by atoms with Gasteiger partial charge in [0.2, 0.25) is 0 Å². The maximum absolute atomic E-state index is 12.1. The molecule has 0 radical (unpaired) electrons. The Morgan fingerprint density at radius 3 is 2.37 bits per heavy atom. The van der Waals surface area contributed by atoms with E-state index in [1.165, 1.54) is 18.2 Å². The molecule has 0 aliphatic heterocycles. The van der Waals surface area contributed by atoms with Crippen molar-refractivity contribution in [3.05, 3.63) is 29.8 Å². The van der Waals surface area contributed by atoms with Gasteiger partial charge in [0.1, 0.15) is 5.75 Å². The van der Waals surface area contributed by atoms with Crippen molar-refractivity contribution in [1.29, 1.82) is 0 Å². The molecular formula is C13H19ClF3NO. The van der Waals surface area contributed by atoms with Crippen molar-refractivity contribution in [1.82, 2.24) is 0 Å². The molecule has 2 nitrogen and oxygen atoms in total. The van der Waals surface area contributed by atoms with Gasteiger partial charge < -0.3 is 10.5 Å². The van der Waals surface area contributed by atoms with E-state index in [0.717, 1.165) is 12.8 Å². The van der Waals surface area contributed by atoms with E-state index in [-0.39, 0.29) is 24.2 Å². The van der Waals surface area contributed by atoms with Gasteiger partial charge in [-0.25, -0.2) is 0 Å². The summed E-state index contributed by atoms with van der Waals surface area (Å²) >= 11 is 0. The molecular weight excluding hydrogens is 279 g/mol. The average molecular weight is 298 g/mol. The van der Waals surface area contributed by atoms with Crippen molar-refractivity contribution in [2.24, 2.45) is 11.7 Å². The first-order valence-electron chi connectivity index (χ1n) is 5.89. The topological polar surface area (TPSA) is 35.2 Å². The van der Waals surface area contributed by atoms with Gasteiger partial charge in [0.05, 0.1) is 0 Å². The Labute approximate surface area is 117 Å². The minimum absolute atomic E-state index is 0. The van der Waals surface area contributed by atoms with Crippen LogP contribution in [-0.4, -0.2) is 6.36 Å². The van der Waals surface area contributed by atoms with Crippen molar-refractivity contribution in [2.75, 3.05) is 0 Å². The second-order valence-electron chi connectivity index (χ2n) is 4.70. The molecule has 0 aliphatic carbocycles. The van der Waals surface area contributed by atoms with Crippen molar-refractivity contribution in [3.8, 4) is 5.75 Å². The fourth-order valence-electron chi connectivity index (χ4n) is 1.62. The Balaban J connectivity index is 0.00000324. The van der Waals surface area contributed by atoms with Gasteiger partial charge in [-0.1, -0.05) is 26.0 Å². The van der Waals surface area contributed by atoms with Crippen LogP contribution in [-0.2, 0) is 0 Å². The van der Waals surface area contributed by atoms with E-state index in [1.54, 1.807) is 6.07 Å². The van der Waals surface area contributed by atoms with Crippen molar-refractivity contribution >= 4 is 12.4 Å². The predicted octanol–water partition coefficient (Wildman–Crippen LogP) is 4.44. The molecule has 0 bridgehead atoms. The Morgan fingerprint density at radius 1 is 1.21 bits per heavy atom. The van der Waals surface area contributed by atoms with Crippen LogP contribution in [0.2, 0.25) is 0 Å². The Hall–Kier alpha value is -0.940. The first-order chi connectivity index (χ1) is 8.28. The molecule has 0 heterocycles. The highest BCUT2D eigenvalue weighted by Gasteiger charge is 2.31. The Morgan fingerprint density at radius 2 is 1.84 bits per heavy atom. The van der Waals surface area contributed by atoms with Crippen LogP contribution in [0.4, 0.5) is 13.2 Å². The van der Waals surface area contributed by atoms with Gasteiger partial charge >= 0.3 is 6.36 Å². The van der Waals surface area contributed by atoms with Gasteiger partial charge in [0, 0.05) is 6.04 Å². The number of hydrogen-bond donors (Lipinski definition) is 1. The second-order valence-corrected chi connectivity index (χ2v) is 4.70. The third-order valence-electron chi connectivity index (χ3n) is 2.57. The van der Waals surface area contributed by atoms with Crippen LogP contribution in [0.3, 0.4) is 0 Å². The summed E-state index contributed by atoms with van der Waals surface area (Å²) in [5.74, 6) is 0.297. The molecule has 6 heteroatoms. The van der Waals surface area contributed by atoms with E-state index in [9.17, 15) is 13.2 Å². The van der Waals surface area contributed by atoms with E-state index in [0.29, 0.717) is 11.5 Å². The summed E-state index contributed by atoms with van der Waals surface area (Å²) in [6.07, 6.45) is -2.99. The van der Waals surface area contributed by atoms with Gasteiger partial charge in [-0.05, 0) is 36.5 Å². The van der Waals surface area contributed by atoms with Gasteiger partial charge in [0.25, 0.3) is 0 Å². The lowest BCUT2D eigenvalue weighted by Gasteiger charge is -2.15. The highest BCUT2D eigenvalue weighted by Crippen LogP contribution is 2.26. The molecule has 19 heavy (non-hydrogen) atoms. The first kappa shape index (κ1) is 18.1. The fraction of sp³-hybridized carbons (Fsp3) is 0.538. The normalized spacial score (nSPS) is 13.0. The molecule has 0 aromatic heterocycles. The fourth-order valence-corrected chi connectivity index (χ4v) is 1.62. The molecule has 1 aromatic carbocycles. The molecule has 2 N–H and O–H groups in total. The second kappa shape index (κ2) is 7.60. The summed E-state index contributed by atoms with van der Waals surface area (Å²) in [4.78, 5) is 0. The predicted molar refractivity (Wildman–Crippen MR) is 71.4 cm³/mol. The molecule has 0 spiro atoms. The van der Waals surface area contributed by atoms with E-state index in [2.05, 4.69) is 18.6 Å². The van der Waals surface area contributed by atoms with E-state index < -0.39 is 6.36 Å². The zero-order valence-electron chi connectivity index (χ0n) is 10.9. The summed E-state index contributed by atoms with van der Waals surface area (Å²) < 4.78 is 40.1. The van der Waals surface area contributed by atoms with Gasteiger partial charge in [-0.2, -0.15) is 0 Å². The van der Waals surface area contributed by atoms with Gasteiger partial charge in [0.15, 0.2) is 0 Å². The smallest absolute Gasteiger partial charge is 0.406 e. The lowest BCUT2D eigenvalue weighted by atomic mass is 9.98. The van der Waals surface area contributed by atoms with E-state index in [1.807, 2.05) is 0 Å². The Kier molecular flexibility index (Phi) is 7.23. The SMILES string of the molecule is CC(C)CC[C@@H](N)c1cccc(OC(F)(F)F)c1.Cl. The van der Waals surface area contributed by atoms with Gasteiger partial charge in [-0.3, -0.25) is 0 Å². The maximum Gasteiger partial charge on any atom is 0.573 e. The average Bonchev–Trinajstić information content (AvgIpc) is 2.23. The maximum atomic E-state index is 12.1. The van der Waals surface area contributed by atoms with Crippen LogP contribution in [0, 0.1) is 5.92 Å². The summed E-state index contributed by atoms with van der Waals surface area (Å²) in [7, 11) is 0. The number of nitrogens with two attached hydrogens (primary N) is 1. The zero-order chi connectivity index (χ0) is 13.8. The highest BCUT2D eigenvalue weighted by atomic mass is 35.5. The number of ether oxygens (including phenoxy) is 1. The minimum Gasteiger partial charge on any atom is -0.406 e. The number of alkyl halides is 3. The lowest BCUT2D eigenvalue weighted by molar-refractivity contribution is -0.274. The number of hydrogen-bond acceptors (Lipinski definition) is 2. The standard InChI is InChI=1S/C13H18F3NO.ClH/c1-9(2)6-7-12(17)10-4-3-5-11(8-10)18-13(14,15)16;/h3-5,8-9,12H,6-7,17H2,1-2H3;1H/t12-;/m1./s1. The highest BCUT2D eigenvalue weighted by molar-refractivity contribution is 5.85. The minimum atomic E-state index is -4.67. The van der Waals surface area contributed by atoms with Crippen LogP contribution >= 0.6 is 12.4 Å². The van der Waals surface area contributed by atoms with Crippen LogP contribution in [0.15, 0.2) is 24.3 Å². The number of rotatable bonds is 5. The van der Waals surface area contributed by atoms with E-state index >= 15 is 0 Å². The number of benzene rings is 1. The molecule has 0 saturated carbocycles. The van der Waals surface area contributed by atoms with Crippen LogP contribution < -0.4 is 10.5 Å². The summed E-state index contributed by atoms with van der Waals surface area (Å²) in [6, 6.07) is 5.59. The van der Waals surface area contributed by atoms with Crippen molar-refractivity contribution in [3.63, 3.8) is 0 Å². The molecule has 0 fully saturated rings. The third kappa shape index (κ3) is 7.28. The number of halogens is 4. The van der Waals surface area contributed by atoms with Crippen LogP contribution in [0.25, 0.3) is 0 Å². The molecule has 1 aromatic rings. The summed E-state index contributed by atoms with van der Waals surface area (Å²) in [5.41, 5.74) is 6.60. The van der Waals surface area contributed by atoms with Crippen LogP contribution in [0.5, 0.6) is 5.75 Å². The molecule has 110 valence electrons. The third-order valence-corrected chi connectivity index (χ3v) is 2.57. The first-order valence-corrected chi connectivity index (χ1v) is 5.89. The molecule has 0 amide bonds. The Bertz CT molecular complexity index is 382. The monoisotopic (exact) mass is 297 g/mol. The van der Waals surface area contributed by atoms with Crippen LogP contribution in [0.1, 0.15) is 38.3 Å². The lowest BCUT2D eigenvalue weighted by Crippen LogP contribution is -2.18. The quantitative estimate of drug-likeness (QED) is 0.872. The summed E-state index contributed by atoms with van der Waals surface area (Å²) in [5, 5.41) is 0. The van der Waals surface area contributed by atoms with Gasteiger partial charge in [-0.15, -0.1) is 25.6 Å². The molecule has 0 aliphatic rings. The summed E-state index contributed by atoms with van der Waals surface area (Å²) in [6.45, 7) is 4.16. The molecule has 1 rings (SSSR count). The largest absolute Gasteiger partial charge is 0.573 e. The van der Waals surface area contributed by atoms with E-state index in [4.69, 9.17) is 5.73 Å². The van der Waals surface area contributed by atoms with Crippen molar-refractivity contribution < 1.29 is 17.9 Å². The zero-order valence-corrected chi connectivity index (χ0v) is 11.7. The molecule has 1 atom stereocenters. The molecule has 0 unspecified atom stereocenters. The van der Waals surface area contributed by atoms with Crippen molar-refractivity contribution in [2.45, 2.75) is 39.1 Å².